The Bertz CT molecular complexity index is 1070. The summed E-state index contributed by atoms with van der Waals surface area (Å²) in [7, 11) is 0. The molecular formula is C26H38N4O3SSn. The van der Waals surface area contributed by atoms with E-state index in [-0.39, 0.29) is 12.3 Å². The quantitative estimate of drug-likeness (QED) is 0.0755. The molecule has 1 aromatic carbocycles. The predicted molar refractivity (Wildman–Crippen MR) is 148 cm³/mol. The molecule has 0 aliphatic heterocycles. The number of rotatable bonds is 16. The van der Waals surface area contributed by atoms with Gasteiger partial charge >= 0.3 is 197 Å². The molecule has 3 rings (SSSR count). The van der Waals surface area contributed by atoms with E-state index < -0.39 is 23.3 Å². The van der Waals surface area contributed by atoms with Crippen LogP contribution in [0.5, 0.6) is 0 Å². The van der Waals surface area contributed by atoms with E-state index in [1.54, 1.807) is 21.2 Å². The van der Waals surface area contributed by atoms with Crippen LogP contribution in [0.25, 0.3) is 4.83 Å². The summed E-state index contributed by atoms with van der Waals surface area (Å²) in [5.74, 6) is 0. The molecule has 0 atom stereocenters. The number of nitrogens with zero attached hydrogens (tertiary/aromatic N) is 4. The van der Waals surface area contributed by atoms with Gasteiger partial charge < -0.3 is 0 Å². The van der Waals surface area contributed by atoms with E-state index in [4.69, 9.17) is 4.84 Å². The van der Waals surface area contributed by atoms with E-state index in [2.05, 4.69) is 41.5 Å². The van der Waals surface area contributed by atoms with Gasteiger partial charge in [0.25, 0.3) is 5.69 Å². The molecule has 0 aliphatic carbocycles. The number of hydrogen-bond acceptors (Lipinski definition) is 6. The van der Waals surface area contributed by atoms with Crippen molar-refractivity contribution < 1.29 is 9.76 Å². The molecular weight excluding hydrogens is 567 g/mol. The van der Waals surface area contributed by atoms with Gasteiger partial charge in [-0.1, -0.05) is 0 Å². The van der Waals surface area contributed by atoms with Gasteiger partial charge in [0, 0.05) is 0 Å². The van der Waals surface area contributed by atoms with Crippen LogP contribution < -0.4 is 2.89 Å². The van der Waals surface area contributed by atoms with Crippen LogP contribution in [0.3, 0.4) is 0 Å². The number of imidazole rings is 1. The van der Waals surface area contributed by atoms with Crippen LogP contribution in [0.4, 0.5) is 5.69 Å². The van der Waals surface area contributed by atoms with Gasteiger partial charge in [0.2, 0.25) is 0 Å². The second kappa shape index (κ2) is 14.0. The first-order valence-electron chi connectivity index (χ1n) is 12.9. The minimum atomic E-state index is -2.45. The topological polar surface area (TPSA) is 82.0 Å². The van der Waals surface area contributed by atoms with Crippen LogP contribution in [0, 0.1) is 10.1 Å². The van der Waals surface area contributed by atoms with Crippen molar-refractivity contribution in [3.05, 3.63) is 58.2 Å². The predicted octanol–water partition coefficient (Wildman–Crippen LogP) is 7.11. The Balaban J connectivity index is 1.68. The summed E-state index contributed by atoms with van der Waals surface area (Å²) in [6, 6.07) is 6.33. The molecule has 2 aromatic heterocycles. The van der Waals surface area contributed by atoms with Gasteiger partial charge in [0.05, 0.1) is 4.92 Å². The Morgan fingerprint density at radius 1 is 1.09 bits per heavy atom. The van der Waals surface area contributed by atoms with E-state index in [1.165, 1.54) is 68.8 Å². The van der Waals surface area contributed by atoms with Gasteiger partial charge in [-0.15, -0.1) is 0 Å². The van der Waals surface area contributed by atoms with E-state index >= 15 is 0 Å². The number of benzene rings is 1. The number of aromatic nitrogens is 2. The van der Waals surface area contributed by atoms with Gasteiger partial charge in [-0.2, -0.15) is 0 Å². The molecule has 0 N–H and O–H groups in total. The van der Waals surface area contributed by atoms with E-state index in [9.17, 15) is 10.1 Å². The van der Waals surface area contributed by atoms with Crippen molar-refractivity contribution in [1.29, 1.82) is 0 Å². The molecule has 2 heterocycles. The summed E-state index contributed by atoms with van der Waals surface area (Å²) >= 11 is -0.458. The van der Waals surface area contributed by atoms with Crippen LogP contribution in [0.15, 0.2) is 41.9 Å². The molecule has 0 aliphatic rings. The summed E-state index contributed by atoms with van der Waals surface area (Å²) < 4.78 is 8.34. The van der Waals surface area contributed by atoms with Crippen molar-refractivity contribution >= 4 is 49.3 Å². The van der Waals surface area contributed by atoms with Crippen molar-refractivity contribution in [2.75, 3.05) is 0 Å². The molecule has 0 bridgehead atoms. The van der Waals surface area contributed by atoms with Gasteiger partial charge in [-0.05, 0) is 0 Å². The molecule has 0 unspecified atom stereocenters. The first-order chi connectivity index (χ1) is 17.0. The second-order valence-electron chi connectivity index (χ2n) is 9.28. The van der Waals surface area contributed by atoms with E-state index in [1.807, 2.05) is 17.7 Å². The number of nitro benzene ring substituents is 1. The minimum absolute atomic E-state index is 0.0732. The zero-order valence-electron chi connectivity index (χ0n) is 21.2. The fourth-order valence-electron chi connectivity index (χ4n) is 4.53. The fraction of sp³-hybridized carbons (Fsp3) is 0.538. The number of nitro groups is 1. The monoisotopic (exact) mass is 606 g/mol. The van der Waals surface area contributed by atoms with Crippen LogP contribution in [0.1, 0.15) is 70.6 Å². The third-order valence-corrected chi connectivity index (χ3v) is 26.0. The molecule has 0 saturated carbocycles. The normalized spacial score (nSPS) is 12.1. The molecule has 3 aromatic rings. The number of fused-ring (bicyclic) bond motifs is 1. The van der Waals surface area contributed by atoms with E-state index in [0.29, 0.717) is 6.42 Å². The first kappa shape index (κ1) is 27.6. The summed E-state index contributed by atoms with van der Waals surface area (Å²) in [4.78, 5) is 21.6. The molecule has 0 saturated heterocycles. The van der Waals surface area contributed by atoms with Crippen LogP contribution >= 0.6 is 11.3 Å². The van der Waals surface area contributed by atoms with Crippen LogP contribution in [-0.4, -0.2) is 38.9 Å². The average Bonchev–Trinajstić information content (AvgIpc) is 3.46. The number of hydrogen-bond donors (Lipinski definition) is 0. The Labute approximate surface area is 216 Å². The fourth-order valence-corrected chi connectivity index (χ4v) is 24.6. The molecule has 0 fully saturated rings. The Hall–Kier alpha value is -1.94. The van der Waals surface area contributed by atoms with E-state index in [0.717, 1.165) is 11.3 Å². The third kappa shape index (κ3) is 7.52. The number of non-ortho nitro benzene ring substituents is 1. The molecule has 0 radical (unpaired) electrons. The zero-order valence-corrected chi connectivity index (χ0v) is 24.9. The second-order valence-corrected chi connectivity index (χ2v) is 24.5. The van der Waals surface area contributed by atoms with Gasteiger partial charge in [-0.25, -0.2) is 0 Å². The van der Waals surface area contributed by atoms with Gasteiger partial charge in [0.1, 0.15) is 0 Å². The molecule has 0 amide bonds. The van der Waals surface area contributed by atoms with Crippen molar-refractivity contribution in [2.45, 2.75) is 85.6 Å². The van der Waals surface area contributed by atoms with Crippen molar-refractivity contribution in [3.8, 4) is 0 Å². The summed E-state index contributed by atoms with van der Waals surface area (Å²) in [5, 5.41) is 14.9. The van der Waals surface area contributed by atoms with Crippen molar-refractivity contribution in [3.63, 3.8) is 0 Å². The Kier molecular flexibility index (Phi) is 11.0. The zero-order chi connectivity index (χ0) is 25.1. The maximum atomic E-state index is 10.8. The number of thiazole rings is 1. The Morgan fingerprint density at radius 3 is 2.29 bits per heavy atom. The standard InChI is InChI=1S/C14H11N4O3S.3C4H9.Sn/c19-18(20)12-3-1-11(2-4-12)9-21-16-6-5-13-14-17(10-15-13)7-8-22-14;3*1-3-4-2;/h1-4,6-7,10H,5,9H2;3*1,3-4H2,2H3;. The van der Waals surface area contributed by atoms with Crippen molar-refractivity contribution in [2.24, 2.45) is 5.16 Å². The number of unbranched alkanes of at least 4 members (excludes halogenated alkanes) is 3. The summed E-state index contributed by atoms with van der Waals surface area (Å²) in [5.41, 5.74) is 1.96. The summed E-state index contributed by atoms with van der Waals surface area (Å²) in [6.45, 7) is 7.24. The molecule has 9 heteroatoms. The summed E-state index contributed by atoms with van der Waals surface area (Å²) in [6.07, 6.45) is 14.7. The van der Waals surface area contributed by atoms with Crippen LogP contribution in [0.2, 0.25) is 13.3 Å². The third-order valence-electron chi connectivity index (χ3n) is 6.64. The van der Waals surface area contributed by atoms with Gasteiger partial charge in [-0.3, -0.25) is 10.1 Å². The molecule has 190 valence electrons. The SMILES string of the molecule is CCC[CH2][Sn]([CH2]CCC)([CH2]CCC)[c]1cn2cnc(CC=NOCc3ccc([N+](=O)[O-])cc3)c2s1. The first-order valence-corrected chi connectivity index (χ1v) is 21.2. The molecule has 0 spiro atoms. The average molecular weight is 605 g/mol. The van der Waals surface area contributed by atoms with Crippen LogP contribution in [-0.2, 0) is 17.9 Å². The molecule has 7 nitrogen and oxygen atoms in total. The maximum absolute atomic E-state index is 10.8. The number of oxime groups is 1. The van der Waals surface area contributed by atoms with Crippen molar-refractivity contribution in [1.82, 2.24) is 9.38 Å². The Morgan fingerprint density at radius 2 is 1.71 bits per heavy atom. The molecule has 35 heavy (non-hydrogen) atoms. The van der Waals surface area contributed by atoms with Gasteiger partial charge in [0.15, 0.2) is 0 Å².